The Morgan fingerprint density at radius 2 is 2.20 bits per heavy atom. The highest BCUT2D eigenvalue weighted by atomic mass is 16.5. The number of carbonyl (C=O) groups is 1. The standard InChI is InChI=1S/C10H18N2O3/c1-11-5-8(6-11)10(15-2)3-4-12(7-10)9(13)14/h8H,3-7H2,1-2H3,(H,13,14). The highest BCUT2D eigenvalue weighted by molar-refractivity contribution is 5.65. The third kappa shape index (κ3) is 1.70. The predicted octanol–water partition coefficient (Wildman–Crippen LogP) is 0.317. The van der Waals surface area contributed by atoms with E-state index < -0.39 is 6.09 Å². The van der Waals surface area contributed by atoms with Gasteiger partial charge >= 0.3 is 6.09 Å². The van der Waals surface area contributed by atoms with Crippen molar-refractivity contribution in [1.82, 2.24) is 9.80 Å². The smallest absolute Gasteiger partial charge is 0.407 e. The summed E-state index contributed by atoms with van der Waals surface area (Å²) in [4.78, 5) is 14.5. The number of nitrogens with zero attached hydrogens (tertiary/aromatic N) is 2. The lowest BCUT2D eigenvalue weighted by Gasteiger charge is -2.46. The Hall–Kier alpha value is -0.810. The molecule has 86 valence electrons. The number of rotatable bonds is 2. The minimum Gasteiger partial charge on any atom is -0.465 e. The first kappa shape index (κ1) is 10.7. The summed E-state index contributed by atoms with van der Waals surface area (Å²) in [5.41, 5.74) is -0.231. The summed E-state index contributed by atoms with van der Waals surface area (Å²) in [6.07, 6.45) is -0.00416. The predicted molar refractivity (Wildman–Crippen MR) is 54.9 cm³/mol. The zero-order valence-electron chi connectivity index (χ0n) is 9.27. The van der Waals surface area contributed by atoms with Gasteiger partial charge in [0, 0.05) is 32.7 Å². The van der Waals surface area contributed by atoms with Crippen LogP contribution in [0.2, 0.25) is 0 Å². The van der Waals surface area contributed by atoms with Crippen molar-refractivity contribution in [1.29, 1.82) is 0 Å². The van der Waals surface area contributed by atoms with Gasteiger partial charge in [0.25, 0.3) is 0 Å². The largest absolute Gasteiger partial charge is 0.465 e. The Balaban J connectivity index is 2.02. The molecular formula is C10H18N2O3. The third-order valence-electron chi connectivity index (χ3n) is 3.75. The van der Waals surface area contributed by atoms with E-state index >= 15 is 0 Å². The molecule has 0 aliphatic carbocycles. The van der Waals surface area contributed by atoms with Gasteiger partial charge in [0.1, 0.15) is 0 Å². The van der Waals surface area contributed by atoms with Crippen LogP contribution in [0, 0.1) is 5.92 Å². The lowest BCUT2D eigenvalue weighted by atomic mass is 9.81. The third-order valence-corrected chi connectivity index (χ3v) is 3.75. The monoisotopic (exact) mass is 214 g/mol. The van der Waals surface area contributed by atoms with Crippen molar-refractivity contribution in [2.24, 2.45) is 5.92 Å². The van der Waals surface area contributed by atoms with E-state index in [-0.39, 0.29) is 5.60 Å². The summed E-state index contributed by atoms with van der Waals surface area (Å²) in [5.74, 6) is 0.483. The molecule has 1 amide bonds. The summed E-state index contributed by atoms with van der Waals surface area (Å²) in [6, 6.07) is 0. The average Bonchev–Trinajstić information content (AvgIpc) is 2.58. The van der Waals surface area contributed by atoms with Gasteiger partial charge in [0.2, 0.25) is 0 Å². The Morgan fingerprint density at radius 1 is 1.53 bits per heavy atom. The fourth-order valence-corrected chi connectivity index (χ4v) is 2.67. The van der Waals surface area contributed by atoms with Crippen LogP contribution in [0.1, 0.15) is 6.42 Å². The molecule has 0 spiro atoms. The first-order valence-electron chi connectivity index (χ1n) is 5.29. The van der Waals surface area contributed by atoms with Crippen molar-refractivity contribution in [2.75, 3.05) is 40.3 Å². The van der Waals surface area contributed by atoms with Gasteiger partial charge in [-0.25, -0.2) is 4.79 Å². The number of hydrogen-bond donors (Lipinski definition) is 1. The molecular weight excluding hydrogens is 196 g/mol. The average molecular weight is 214 g/mol. The molecule has 5 heteroatoms. The summed E-state index contributed by atoms with van der Waals surface area (Å²) >= 11 is 0. The molecule has 0 bridgehead atoms. The van der Waals surface area contributed by atoms with E-state index in [0.29, 0.717) is 19.0 Å². The number of methoxy groups -OCH3 is 1. The van der Waals surface area contributed by atoms with Crippen molar-refractivity contribution in [3.05, 3.63) is 0 Å². The van der Waals surface area contributed by atoms with E-state index in [1.165, 1.54) is 4.90 Å². The first-order valence-corrected chi connectivity index (χ1v) is 5.29. The minimum atomic E-state index is -0.832. The molecule has 0 aromatic carbocycles. The molecule has 2 heterocycles. The molecule has 0 saturated carbocycles. The van der Waals surface area contributed by atoms with Gasteiger partial charge in [-0.15, -0.1) is 0 Å². The van der Waals surface area contributed by atoms with Gasteiger partial charge in [-0.1, -0.05) is 0 Å². The van der Waals surface area contributed by atoms with Gasteiger partial charge in [0.05, 0.1) is 12.1 Å². The van der Waals surface area contributed by atoms with Crippen molar-refractivity contribution in [3.8, 4) is 0 Å². The molecule has 2 rings (SSSR count). The molecule has 5 nitrogen and oxygen atoms in total. The normalized spacial score (nSPS) is 33.1. The van der Waals surface area contributed by atoms with E-state index in [1.807, 2.05) is 0 Å². The molecule has 1 N–H and O–H groups in total. The molecule has 2 aliphatic heterocycles. The first-order chi connectivity index (χ1) is 7.07. The number of amides is 1. The summed E-state index contributed by atoms with van der Waals surface area (Å²) in [7, 11) is 3.77. The number of likely N-dealkylation sites (tertiary alicyclic amines) is 2. The van der Waals surface area contributed by atoms with Gasteiger partial charge in [0.15, 0.2) is 0 Å². The fourth-order valence-electron chi connectivity index (χ4n) is 2.67. The Kier molecular flexibility index (Phi) is 2.60. The van der Waals surface area contributed by atoms with Gasteiger partial charge < -0.3 is 19.6 Å². The van der Waals surface area contributed by atoms with Crippen molar-refractivity contribution in [3.63, 3.8) is 0 Å². The van der Waals surface area contributed by atoms with Crippen LogP contribution in [-0.2, 0) is 4.74 Å². The molecule has 0 aromatic heterocycles. The Morgan fingerprint density at radius 3 is 2.60 bits per heavy atom. The zero-order chi connectivity index (χ0) is 11.1. The van der Waals surface area contributed by atoms with E-state index in [0.717, 1.165) is 19.5 Å². The van der Waals surface area contributed by atoms with Gasteiger partial charge in [-0.3, -0.25) is 0 Å². The van der Waals surface area contributed by atoms with Crippen LogP contribution in [0.5, 0.6) is 0 Å². The summed E-state index contributed by atoms with van der Waals surface area (Å²) in [6.45, 7) is 3.16. The number of carboxylic acid groups (broad SMARTS) is 1. The number of hydrogen-bond acceptors (Lipinski definition) is 3. The van der Waals surface area contributed by atoms with Crippen LogP contribution in [0.3, 0.4) is 0 Å². The molecule has 0 radical (unpaired) electrons. The second kappa shape index (κ2) is 3.64. The quantitative estimate of drug-likeness (QED) is 0.719. The molecule has 15 heavy (non-hydrogen) atoms. The highest BCUT2D eigenvalue weighted by Crippen LogP contribution is 2.37. The molecule has 2 saturated heterocycles. The molecule has 1 unspecified atom stereocenters. The maximum Gasteiger partial charge on any atom is 0.407 e. The van der Waals surface area contributed by atoms with E-state index in [4.69, 9.17) is 9.84 Å². The van der Waals surface area contributed by atoms with E-state index in [1.54, 1.807) is 7.11 Å². The van der Waals surface area contributed by atoms with Crippen LogP contribution in [0.4, 0.5) is 4.79 Å². The van der Waals surface area contributed by atoms with Crippen LogP contribution in [-0.4, -0.2) is 66.9 Å². The van der Waals surface area contributed by atoms with Crippen molar-refractivity contribution in [2.45, 2.75) is 12.0 Å². The topological polar surface area (TPSA) is 53.0 Å². The van der Waals surface area contributed by atoms with Crippen molar-refractivity contribution < 1.29 is 14.6 Å². The molecule has 1 atom stereocenters. The van der Waals surface area contributed by atoms with Gasteiger partial charge in [-0.05, 0) is 13.5 Å². The summed E-state index contributed by atoms with van der Waals surface area (Å²) < 4.78 is 5.60. The van der Waals surface area contributed by atoms with Crippen molar-refractivity contribution >= 4 is 6.09 Å². The maximum atomic E-state index is 10.9. The molecule has 0 aromatic rings. The van der Waals surface area contributed by atoms with Crippen LogP contribution in [0.25, 0.3) is 0 Å². The lowest BCUT2D eigenvalue weighted by molar-refractivity contribution is -0.0963. The number of ether oxygens (including phenoxy) is 1. The Bertz CT molecular complexity index is 265. The zero-order valence-corrected chi connectivity index (χ0v) is 9.27. The fraction of sp³-hybridized carbons (Fsp3) is 0.900. The highest BCUT2D eigenvalue weighted by Gasteiger charge is 2.49. The summed E-state index contributed by atoms with van der Waals surface area (Å²) in [5, 5.41) is 8.93. The van der Waals surface area contributed by atoms with E-state index in [9.17, 15) is 4.79 Å². The van der Waals surface area contributed by atoms with Crippen LogP contribution >= 0.6 is 0 Å². The Labute approximate surface area is 89.6 Å². The molecule has 2 aliphatic rings. The molecule has 2 fully saturated rings. The maximum absolute atomic E-state index is 10.9. The van der Waals surface area contributed by atoms with Crippen LogP contribution < -0.4 is 0 Å². The second-order valence-electron chi connectivity index (χ2n) is 4.64. The second-order valence-corrected chi connectivity index (χ2v) is 4.64. The van der Waals surface area contributed by atoms with E-state index in [2.05, 4.69) is 11.9 Å². The SMILES string of the molecule is COC1(C2CN(C)C2)CCN(C(=O)O)C1. The van der Waals surface area contributed by atoms with Gasteiger partial charge in [-0.2, -0.15) is 0 Å². The lowest BCUT2D eigenvalue weighted by Crippen LogP contribution is -2.58. The minimum absolute atomic E-state index is 0.231. The van der Waals surface area contributed by atoms with Crippen LogP contribution in [0.15, 0.2) is 0 Å².